The van der Waals surface area contributed by atoms with Gasteiger partial charge in [0, 0.05) is 31.0 Å². The molecule has 0 radical (unpaired) electrons. The van der Waals surface area contributed by atoms with Gasteiger partial charge in [0.25, 0.3) is 0 Å². The van der Waals surface area contributed by atoms with Crippen molar-refractivity contribution in [3.8, 4) is 0 Å². The van der Waals surface area contributed by atoms with Gasteiger partial charge in [0.1, 0.15) is 0 Å². The molecule has 1 fully saturated rings. The van der Waals surface area contributed by atoms with Crippen LogP contribution in [0.15, 0.2) is 24.5 Å². The summed E-state index contributed by atoms with van der Waals surface area (Å²) in [7, 11) is 4.30. The lowest BCUT2D eigenvalue weighted by Crippen LogP contribution is -2.46. The number of aromatic nitrogens is 1. The average molecular weight is 276 g/mol. The average Bonchev–Trinajstić information content (AvgIpc) is 2.87. The fourth-order valence-corrected chi connectivity index (χ4v) is 3.30. The highest BCUT2D eigenvalue weighted by Gasteiger charge is 2.34. The van der Waals surface area contributed by atoms with Crippen molar-refractivity contribution >= 4 is 0 Å². The van der Waals surface area contributed by atoms with Gasteiger partial charge in [0.2, 0.25) is 0 Å². The number of nitrogens with zero attached hydrogens (tertiary/aromatic N) is 3. The normalized spacial score (nSPS) is 23.1. The van der Waals surface area contributed by atoms with Gasteiger partial charge in [-0.2, -0.15) is 0 Å². The predicted molar refractivity (Wildman–Crippen MR) is 83.5 cm³/mol. The lowest BCUT2D eigenvalue weighted by Gasteiger charge is -2.37. The molecule has 4 nitrogen and oxygen atoms in total. The van der Waals surface area contributed by atoms with Gasteiger partial charge in [0.15, 0.2) is 0 Å². The first-order valence-electron chi connectivity index (χ1n) is 7.69. The van der Waals surface area contributed by atoms with E-state index in [0.29, 0.717) is 12.1 Å². The first-order chi connectivity index (χ1) is 9.63. The molecule has 0 amide bonds. The molecule has 20 heavy (non-hydrogen) atoms. The monoisotopic (exact) mass is 276 g/mol. The topological polar surface area (TPSA) is 45.4 Å². The molecule has 0 bridgehead atoms. The maximum Gasteiger partial charge on any atom is 0.0517 e. The molecule has 4 heteroatoms. The Morgan fingerprint density at radius 2 is 2.30 bits per heavy atom. The summed E-state index contributed by atoms with van der Waals surface area (Å²) in [5.74, 6) is 0. The molecule has 0 spiro atoms. The Kier molecular flexibility index (Phi) is 5.52. The van der Waals surface area contributed by atoms with E-state index in [1.165, 1.54) is 18.4 Å². The van der Waals surface area contributed by atoms with E-state index in [1.807, 2.05) is 18.5 Å². The van der Waals surface area contributed by atoms with Crippen LogP contribution in [-0.4, -0.2) is 54.1 Å². The van der Waals surface area contributed by atoms with Crippen LogP contribution in [0.5, 0.6) is 0 Å². The maximum atomic E-state index is 6.44. The highest BCUT2D eigenvalue weighted by atomic mass is 15.3. The summed E-state index contributed by atoms with van der Waals surface area (Å²) in [6, 6.07) is 5.25. The molecule has 0 aromatic carbocycles. The van der Waals surface area contributed by atoms with E-state index in [1.54, 1.807) is 0 Å². The molecule has 1 aliphatic heterocycles. The van der Waals surface area contributed by atoms with Crippen LogP contribution in [0.3, 0.4) is 0 Å². The third-order valence-corrected chi connectivity index (χ3v) is 4.26. The minimum Gasteiger partial charge on any atom is -0.326 e. The second-order valence-electron chi connectivity index (χ2n) is 6.10. The Bertz CT molecular complexity index is 393. The molecule has 2 N–H and O–H groups in total. The number of likely N-dealkylation sites (N-methyl/N-ethyl adjacent to an activating group) is 1. The van der Waals surface area contributed by atoms with Crippen LogP contribution in [0.25, 0.3) is 0 Å². The van der Waals surface area contributed by atoms with E-state index < -0.39 is 0 Å². The van der Waals surface area contributed by atoms with Gasteiger partial charge >= 0.3 is 0 Å². The summed E-state index contributed by atoms with van der Waals surface area (Å²) in [5.41, 5.74) is 7.70. The maximum absolute atomic E-state index is 6.44. The molecule has 3 unspecified atom stereocenters. The standard InChI is InChI=1S/C16H28N4/c1-4-15(17)16(13-7-5-9-18-11-13)20-10-6-8-14(20)12-19(2)3/h5,7,9,11,14-16H,4,6,8,10,12,17H2,1-3H3. The minimum atomic E-state index is 0.168. The van der Waals surface area contributed by atoms with Crippen molar-refractivity contribution in [3.05, 3.63) is 30.1 Å². The largest absolute Gasteiger partial charge is 0.326 e. The van der Waals surface area contributed by atoms with Crippen LogP contribution in [0.1, 0.15) is 37.8 Å². The summed E-state index contributed by atoms with van der Waals surface area (Å²) in [5, 5.41) is 0. The predicted octanol–water partition coefficient (Wildman–Crippen LogP) is 1.89. The van der Waals surface area contributed by atoms with Crippen LogP contribution in [0.4, 0.5) is 0 Å². The molecular weight excluding hydrogens is 248 g/mol. The first kappa shape index (κ1) is 15.4. The molecule has 1 aromatic rings. The van der Waals surface area contributed by atoms with Crippen molar-refractivity contribution in [1.82, 2.24) is 14.8 Å². The molecular formula is C16H28N4. The van der Waals surface area contributed by atoms with Crippen LogP contribution < -0.4 is 5.73 Å². The molecule has 1 aromatic heterocycles. The van der Waals surface area contributed by atoms with Crippen LogP contribution in [0.2, 0.25) is 0 Å². The molecule has 0 saturated carbocycles. The number of hydrogen-bond acceptors (Lipinski definition) is 4. The molecule has 1 saturated heterocycles. The SMILES string of the molecule is CCC(N)C(c1cccnc1)N1CCCC1CN(C)C. The Morgan fingerprint density at radius 1 is 1.50 bits per heavy atom. The fraction of sp³-hybridized carbons (Fsp3) is 0.688. The van der Waals surface area contributed by atoms with E-state index in [0.717, 1.165) is 19.5 Å². The summed E-state index contributed by atoms with van der Waals surface area (Å²) in [6.07, 6.45) is 7.34. The summed E-state index contributed by atoms with van der Waals surface area (Å²) in [6.45, 7) is 4.42. The zero-order valence-corrected chi connectivity index (χ0v) is 13.0. The quantitative estimate of drug-likeness (QED) is 0.862. The van der Waals surface area contributed by atoms with Crippen molar-refractivity contribution < 1.29 is 0 Å². The van der Waals surface area contributed by atoms with Crippen LogP contribution in [-0.2, 0) is 0 Å². The van der Waals surface area contributed by atoms with Crippen molar-refractivity contribution in [2.45, 2.75) is 44.3 Å². The third-order valence-electron chi connectivity index (χ3n) is 4.26. The highest BCUT2D eigenvalue weighted by Crippen LogP contribution is 2.32. The van der Waals surface area contributed by atoms with E-state index in [4.69, 9.17) is 5.73 Å². The zero-order chi connectivity index (χ0) is 14.5. The van der Waals surface area contributed by atoms with Gasteiger partial charge in [-0.3, -0.25) is 9.88 Å². The van der Waals surface area contributed by atoms with E-state index in [-0.39, 0.29) is 6.04 Å². The summed E-state index contributed by atoms with van der Waals surface area (Å²) < 4.78 is 0. The number of nitrogens with two attached hydrogens (primary N) is 1. The Hall–Kier alpha value is -0.970. The van der Waals surface area contributed by atoms with E-state index >= 15 is 0 Å². The Balaban J connectivity index is 2.22. The van der Waals surface area contributed by atoms with Gasteiger partial charge in [-0.15, -0.1) is 0 Å². The van der Waals surface area contributed by atoms with Crippen molar-refractivity contribution in [2.75, 3.05) is 27.2 Å². The summed E-state index contributed by atoms with van der Waals surface area (Å²) in [4.78, 5) is 9.17. The second-order valence-corrected chi connectivity index (χ2v) is 6.10. The molecule has 2 heterocycles. The molecule has 112 valence electrons. The number of hydrogen-bond donors (Lipinski definition) is 1. The number of likely N-dealkylation sites (tertiary alicyclic amines) is 1. The summed E-state index contributed by atoms with van der Waals surface area (Å²) >= 11 is 0. The zero-order valence-electron chi connectivity index (χ0n) is 13.0. The third kappa shape index (κ3) is 3.57. The van der Waals surface area contributed by atoms with Crippen LogP contribution >= 0.6 is 0 Å². The molecule has 1 aliphatic rings. The lowest BCUT2D eigenvalue weighted by atomic mass is 9.97. The van der Waals surface area contributed by atoms with Gasteiger partial charge in [0.05, 0.1) is 6.04 Å². The van der Waals surface area contributed by atoms with E-state index in [9.17, 15) is 0 Å². The van der Waals surface area contributed by atoms with Gasteiger partial charge in [-0.1, -0.05) is 13.0 Å². The molecule has 2 rings (SSSR count). The molecule has 3 atom stereocenters. The van der Waals surface area contributed by atoms with Crippen molar-refractivity contribution in [3.63, 3.8) is 0 Å². The smallest absolute Gasteiger partial charge is 0.0517 e. The first-order valence-corrected chi connectivity index (χ1v) is 7.69. The Labute approximate surface area is 123 Å². The highest BCUT2D eigenvalue weighted by molar-refractivity contribution is 5.17. The van der Waals surface area contributed by atoms with Gasteiger partial charge in [-0.05, 0) is 51.5 Å². The Morgan fingerprint density at radius 3 is 2.90 bits per heavy atom. The lowest BCUT2D eigenvalue weighted by molar-refractivity contribution is 0.131. The number of rotatable bonds is 6. The van der Waals surface area contributed by atoms with Crippen molar-refractivity contribution in [2.24, 2.45) is 5.73 Å². The molecule has 0 aliphatic carbocycles. The van der Waals surface area contributed by atoms with Crippen LogP contribution in [0, 0.1) is 0 Å². The number of pyridine rings is 1. The minimum absolute atomic E-state index is 0.168. The second kappa shape index (κ2) is 7.16. The van der Waals surface area contributed by atoms with Gasteiger partial charge in [-0.25, -0.2) is 0 Å². The fourth-order valence-electron chi connectivity index (χ4n) is 3.30. The van der Waals surface area contributed by atoms with Crippen molar-refractivity contribution in [1.29, 1.82) is 0 Å². The van der Waals surface area contributed by atoms with E-state index in [2.05, 4.69) is 41.9 Å². The van der Waals surface area contributed by atoms with Gasteiger partial charge < -0.3 is 10.6 Å².